The highest BCUT2D eigenvalue weighted by Crippen LogP contribution is 2.16. The smallest absolute Gasteiger partial charge is 0.337 e. The molecule has 1 aliphatic heterocycles. The van der Waals surface area contributed by atoms with E-state index in [-0.39, 0.29) is 5.97 Å². The number of methoxy groups -OCH3 is 1. The zero-order chi connectivity index (χ0) is 19.4. The molecule has 1 aliphatic rings. The van der Waals surface area contributed by atoms with Gasteiger partial charge in [0.25, 0.3) is 0 Å². The van der Waals surface area contributed by atoms with E-state index in [0.717, 1.165) is 30.8 Å². The summed E-state index contributed by atoms with van der Waals surface area (Å²) >= 11 is 0. The van der Waals surface area contributed by atoms with Crippen LogP contribution in [0.4, 0.5) is 0 Å². The topological polar surface area (TPSA) is 68.1 Å². The van der Waals surface area contributed by atoms with E-state index in [1.54, 1.807) is 28.6 Å². The van der Waals surface area contributed by atoms with Crippen LogP contribution in [0.15, 0.2) is 53.4 Å². The van der Waals surface area contributed by atoms with Crippen LogP contribution in [-0.2, 0) is 21.3 Å². The van der Waals surface area contributed by atoms with Crippen molar-refractivity contribution in [2.24, 2.45) is 0 Å². The fraction of sp³-hybridized carbons (Fsp3) is 0.350. The van der Waals surface area contributed by atoms with Crippen molar-refractivity contribution in [2.45, 2.75) is 18.4 Å². The number of carbonyl (C=O) groups excluding carboxylic acids is 1. The van der Waals surface area contributed by atoms with Crippen LogP contribution in [0.1, 0.15) is 21.5 Å². The molecule has 0 saturated carbocycles. The Balaban J connectivity index is 1.58. The van der Waals surface area contributed by atoms with Crippen LogP contribution >= 0.6 is 0 Å². The fourth-order valence-electron chi connectivity index (χ4n) is 3.24. The SMILES string of the molecule is COC(=O)c1ccc(C[NH+]2CCN(S(=O)(=O)c3ccc(C)cc3)CC2)cc1. The third kappa shape index (κ3) is 4.55. The third-order valence-electron chi connectivity index (χ3n) is 4.92. The molecule has 2 aromatic carbocycles. The summed E-state index contributed by atoms with van der Waals surface area (Å²) in [5.74, 6) is -0.344. The Labute approximate surface area is 160 Å². The summed E-state index contributed by atoms with van der Waals surface area (Å²) in [7, 11) is -2.06. The van der Waals surface area contributed by atoms with Gasteiger partial charge in [0.05, 0.1) is 43.7 Å². The van der Waals surface area contributed by atoms with Gasteiger partial charge in [-0.15, -0.1) is 0 Å². The Morgan fingerprint density at radius 1 is 1.04 bits per heavy atom. The molecule has 6 nitrogen and oxygen atoms in total. The van der Waals surface area contributed by atoms with Crippen molar-refractivity contribution in [3.63, 3.8) is 0 Å². The first-order valence-electron chi connectivity index (χ1n) is 8.98. The number of ether oxygens (including phenoxy) is 1. The molecule has 0 aromatic heterocycles. The molecule has 0 spiro atoms. The molecule has 1 fully saturated rings. The molecule has 0 amide bonds. The highest BCUT2D eigenvalue weighted by atomic mass is 32.2. The summed E-state index contributed by atoms with van der Waals surface area (Å²) in [6.45, 7) is 5.27. The lowest BCUT2D eigenvalue weighted by atomic mass is 10.1. The Bertz CT molecular complexity index is 885. The molecule has 0 atom stereocenters. The van der Waals surface area contributed by atoms with Crippen molar-refractivity contribution >= 4 is 16.0 Å². The molecule has 3 rings (SSSR count). The van der Waals surface area contributed by atoms with Gasteiger partial charge in [0.1, 0.15) is 6.54 Å². The minimum atomic E-state index is -3.42. The summed E-state index contributed by atoms with van der Waals surface area (Å²) in [6, 6.07) is 14.4. The van der Waals surface area contributed by atoms with Gasteiger partial charge < -0.3 is 9.64 Å². The highest BCUT2D eigenvalue weighted by Gasteiger charge is 2.30. The van der Waals surface area contributed by atoms with Crippen LogP contribution in [-0.4, -0.2) is 52.0 Å². The minimum Gasteiger partial charge on any atom is -0.465 e. The molecule has 0 bridgehead atoms. The largest absolute Gasteiger partial charge is 0.465 e. The van der Waals surface area contributed by atoms with E-state index < -0.39 is 10.0 Å². The second-order valence-corrected chi connectivity index (χ2v) is 8.77. The van der Waals surface area contributed by atoms with E-state index in [1.807, 2.05) is 31.2 Å². The number of piperazine rings is 1. The summed E-state index contributed by atoms with van der Waals surface area (Å²) in [5, 5.41) is 0. The summed E-state index contributed by atoms with van der Waals surface area (Å²) in [6.07, 6.45) is 0. The number of hydrogen-bond donors (Lipinski definition) is 1. The molecular formula is C20H25N2O4S+. The van der Waals surface area contributed by atoms with Gasteiger partial charge in [0.2, 0.25) is 10.0 Å². The lowest BCUT2D eigenvalue weighted by molar-refractivity contribution is -0.917. The van der Waals surface area contributed by atoms with Gasteiger partial charge in [0, 0.05) is 5.56 Å². The quantitative estimate of drug-likeness (QED) is 0.771. The van der Waals surface area contributed by atoms with E-state index in [9.17, 15) is 13.2 Å². The number of carbonyl (C=O) groups is 1. The van der Waals surface area contributed by atoms with Gasteiger partial charge in [0.15, 0.2) is 0 Å². The van der Waals surface area contributed by atoms with Crippen LogP contribution < -0.4 is 4.90 Å². The average molecular weight is 389 g/mol. The second-order valence-electron chi connectivity index (χ2n) is 6.83. The van der Waals surface area contributed by atoms with Crippen molar-refractivity contribution in [3.8, 4) is 0 Å². The first-order valence-corrected chi connectivity index (χ1v) is 10.4. The highest BCUT2D eigenvalue weighted by molar-refractivity contribution is 7.89. The predicted molar refractivity (Wildman–Crippen MR) is 102 cm³/mol. The van der Waals surface area contributed by atoms with E-state index >= 15 is 0 Å². The monoisotopic (exact) mass is 389 g/mol. The van der Waals surface area contributed by atoms with Crippen molar-refractivity contribution in [3.05, 3.63) is 65.2 Å². The predicted octanol–water partition coefficient (Wildman–Crippen LogP) is 0.871. The molecule has 2 aromatic rings. The number of esters is 1. The number of nitrogens with one attached hydrogen (secondary N) is 1. The normalized spacial score (nSPS) is 16.2. The number of aryl methyl sites for hydroxylation is 1. The fourth-order valence-corrected chi connectivity index (χ4v) is 4.69. The summed E-state index contributed by atoms with van der Waals surface area (Å²) < 4.78 is 31.8. The molecule has 0 unspecified atom stereocenters. The second kappa shape index (κ2) is 8.21. The van der Waals surface area contributed by atoms with E-state index in [2.05, 4.69) is 0 Å². The van der Waals surface area contributed by atoms with Crippen molar-refractivity contribution < 1.29 is 22.8 Å². The first-order chi connectivity index (χ1) is 12.9. The van der Waals surface area contributed by atoms with E-state index in [0.29, 0.717) is 23.5 Å². The molecule has 1 heterocycles. The summed E-state index contributed by atoms with van der Waals surface area (Å²) in [4.78, 5) is 13.2. The maximum atomic E-state index is 12.8. The standard InChI is InChI=1S/C20H24N2O4S/c1-16-3-9-19(10-4-16)27(24,25)22-13-11-21(12-14-22)15-17-5-7-18(8-6-17)20(23)26-2/h3-10H,11-15H2,1-2H3/p+1. The molecule has 0 radical (unpaired) electrons. The molecule has 1 N–H and O–H groups in total. The molecule has 7 heteroatoms. The van der Waals surface area contributed by atoms with Gasteiger partial charge >= 0.3 is 5.97 Å². The Morgan fingerprint density at radius 2 is 1.63 bits per heavy atom. The van der Waals surface area contributed by atoms with Gasteiger partial charge in [-0.25, -0.2) is 13.2 Å². The van der Waals surface area contributed by atoms with E-state index in [4.69, 9.17) is 4.74 Å². The number of hydrogen-bond acceptors (Lipinski definition) is 4. The molecule has 1 saturated heterocycles. The van der Waals surface area contributed by atoms with Crippen LogP contribution in [0.25, 0.3) is 0 Å². The molecule has 0 aliphatic carbocycles. The summed E-state index contributed by atoms with van der Waals surface area (Å²) in [5.41, 5.74) is 2.69. The van der Waals surface area contributed by atoms with Gasteiger partial charge in [-0.2, -0.15) is 4.31 Å². The van der Waals surface area contributed by atoms with Gasteiger partial charge in [-0.1, -0.05) is 29.8 Å². The van der Waals surface area contributed by atoms with Crippen LogP contribution in [0, 0.1) is 6.92 Å². The average Bonchev–Trinajstić information content (AvgIpc) is 2.69. The molecular weight excluding hydrogens is 364 g/mol. The Kier molecular flexibility index (Phi) is 5.94. The third-order valence-corrected chi connectivity index (χ3v) is 6.83. The maximum absolute atomic E-state index is 12.8. The Hall–Kier alpha value is -2.22. The van der Waals surface area contributed by atoms with Gasteiger partial charge in [-0.05, 0) is 31.2 Å². The van der Waals surface area contributed by atoms with E-state index in [1.165, 1.54) is 12.0 Å². The first kappa shape index (κ1) is 19.5. The van der Waals surface area contributed by atoms with Crippen molar-refractivity contribution in [1.29, 1.82) is 0 Å². The van der Waals surface area contributed by atoms with Gasteiger partial charge in [-0.3, -0.25) is 0 Å². The molecule has 27 heavy (non-hydrogen) atoms. The Morgan fingerprint density at radius 3 is 2.19 bits per heavy atom. The lowest BCUT2D eigenvalue weighted by Gasteiger charge is -2.31. The number of rotatable bonds is 5. The van der Waals surface area contributed by atoms with Crippen molar-refractivity contribution in [1.82, 2.24) is 4.31 Å². The maximum Gasteiger partial charge on any atom is 0.337 e. The zero-order valence-corrected chi connectivity index (χ0v) is 16.5. The molecule has 144 valence electrons. The van der Waals surface area contributed by atoms with Crippen molar-refractivity contribution in [2.75, 3.05) is 33.3 Å². The zero-order valence-electron chi connectivity index (χ0n) is 15.6. The van der Waals surface area contributed by atoms with Crippen LogP contribution in [0.2, 0.25) is 0 Å². The number of quaternary nitrogens is 1. The number of nitrogens with zero attached hydrogens (tertiary/aromatic N) is 1. The van der Waals surface area contributed by atoms with Crippen LogP contribution in [0.3, 0.4) is 0 Å². The van der Waals surface area contributed by atoms with Crippen LogP contribution in [0.5, 0.6) is 0 Å². The number of benzene rings is 2. The lowest BCUT2D eigenvalue weighted by Crippen LogP contribution is -3.13. The number of sulfonamides is 1. The minimum absolute atomic E-state index is 0.344.